The van der Waals surface area contributed by atoms with Crippen LogP contribution < -0.4 is 15.5 Å². The Kier molecular flexibility index (Phi) is 11.4. The fourth-order valence-electron chi connectivity index (χ4n) is 9.25. The third-order valence-electron chi connectivity index (χ3n) is 12.6. The predicted molar refractivity (Wildman–Crippen MR) is 211 cm³/mol. The van der Waals surface area contributed by atoms with Gasteiger partial charge in [-0.25, -0.2) is 4.98 Å². The third kappa shape index (κ3) is 8.73. The number of likely N-dealkylation sites (tertiary alicyclic amines) is 1. The molecule has 3 saturated heterocycles. The number of aliphatic hydroxyl groups is 1. The largest absolute Gasteiger partial charge is 0.416 e. The van der Waals surface area contributed by atoms with E-state index in [2.05, 4.69) is 49.6 Å². The molecule has 3 aromatic carbocycles. The monoisotopic (exact) mass is 785 g/mol. The first-order valence-electron chi connectivity index (χ1n) is 20.3. The van der Waals surface area contributed by atoms with Crippen LogP contribution in [0, 0.1) is 5.92 Å². The number of aromatic nitrogens is 2. The van der Waals surface area contributed by atoms with Gasteiger partial charge >= 0.3 is 6.18 Å². The van der Waals surface area contributed by atoms with Crippen LogP contribution in [0.25, 0.3) is 11.0 Å². The van der Waals surface area contributed by atoms with Crippen molar-refractivity contribution < 1.29 is 32.7 Å². The Morgan fingerprint density at radius 3 is 2.26 bits per heavy atom. The van der Waals surface area contributed by atoms with Gasteiger partial charge in [-0.2, -0.15) is 13.2 Å². The lowest BCUT2D eigenvalue weighted by molar-refractivity contribution is -0.138. The molecule has 1 aliphatic carbocycles. The Morgan fingerprint density at radius 1 is 0.842 bits per heavy atom. The molecule has 4 fully saturated rings. The summed E-state index contributed by atoms with van der Waals surface area (Å²) in [5, 5.41) is 15.0. The highest BCUT2D eigenvalue weighted by Crippen LogP contribution is 2.38. The Bertz CT molecular complexity index is 2080. The molecule has 3 amide bonds. The number of amides is 3. The van der Waals surface area contributed by atoms with Crippen molar-refractivity contribution in [2.45, 2.75) is 82.1 Å². The molecular weight excluding hydrogens is 736 g/mol. The van der Waals surface area contributed by atoms with Gasteiger partial charge in [-0.15, -0.1) is 0 Å². The van der Waals surface area contributed by atoms with Gasteiger partial charge in [-0.1, -0.05) is 30.3 Å². The number of carbonyl (C=O) groups excluding carboxylic acids is 3. The Hall–Kier alpha value is -4.79. The maximum Gasteiger partial charge on any atom is 0.416 e. The summed E-state index contributed by atoms with van der Waals surface area (Å²) in [5.74, 6) is -0.769. The van der Waals surface area contributed by atoms with Crippen LogP contribution in [0.15, 0.2) is 66.7 Å². The molecule has 4 aliphatic rings. The SMILES string of the molecule is O=C1CCC(c2ccc(CN3CCC(N4CCN(c5ccc6c(c5)nc(NC(=O)c5cccc(C(F)(F)F)c5)n6C5CCC(CO)CC5)CC4)CC3)cc2)C(=O)N1. The molecule has 0 radical (unpaired) electrons. The van der Waals surface area contributed by atoms with Crippen LogP contribution in [-0.4, -0.2) is 94.1 Å². The second-order valence-corrected chi connectivity index (χ2v) is 16.1. The highest BCUT2D eigenvalue weighted by atomic mass is 19.4. The van der Waals surface area contributed by atoms with Crippen LogP contribution in [0.5, 0.6) is 0 Å². The summed E-state index contributed by atoms with van der Waals surface area (Å²) in [5.41, 5.74) is 3.84. The van der Waals surface area contributed by atoms with Crippen LogP contribution >= 0.6 is 0 Å². The number of benzene rings is 3. The van der Waals surface area contributed by atoms with E-state index in [0.29, 0.717) is 24.8 Å². The summed E-state index contributed by atoms with van der Waals surface area (Å²) in [6.45, 7) is 6.69. The summed E-state index contributed by atoms with van der Waals surface area (Å²) >= 11 is 0. The van der Waals surface area contributed by atoms with Gasteiger partial charge in [-0.3, -0.25) is 34.8 Å². The molecule has 3 N–H and O–H groups in total. The van der Waals surface area contributed by atoms with Gasteiger partial charge in [0, 0.05) is 69.1 Å². The maximum absolute atomic E-state index is 13.4. The van der Waals surface area contributed by atoms with Gasteiger partial charge in [0.1, 0.15) is 0 Å². The molecule has 1 atom stereocenters. The molecule has 3 aliphatic heterocycles. The lowest BCUT2D eigenvalue weighted by atomic mass is 9.86. The van der Waals surface area contributed by atoms with Crippen LogP contribution in [0.4, 0.5) is 24.8 Å². The molecule has 0 bridgehead atoms. The second-order valence-electron chi connectivity index (χ2n) is 16.1. The number of rotatable bonds is 9. The average molecular weight is 786 g/mol. The maximum atomic E-state index is 13.4. The lowest BCUT2D eigenvalue weighted by Crippen LogP contribution is -2.53. The van der Waals surface area contributed by atoms with Crippen LogP contribution in [0.2, 0.25) is 0 Å². The number of aliphatic hydroxyl groups excluding tert-OH is 1. The Morgan fingerprint density at radius 2 is 1.58 bits per heavy atom. The van der Waals surface area contributed by atoms with E-state index in [-0.39, 0.29) is 41.9 Å². The van der Waals surface area contributed by atoms with Crippen molar-refractivity contribution in [2.24, 2.45) is 5.92 Å². The Balaban J connectivity index is 0.887. The number of halogens is 3. The number of anilines is 2. The van der Waals surface area contributed by atoms with Crippen molar-refractivity contribution in [1.82, 2.24) is 24.7 Å². The van der Waals surface area contributed by atoms with Crippen LogP contribution in [0.3, 0.4) is 0 Å². The first-order chi connectivity index (χ1) is 27.5. The number of hydrogen-bond acceptors (Lipinski definition) is 8. The molecular formula is C43H50F3N7O4. The minimum Gasteiger partial charge on any atom is -0.396 e. The molecule has 1 aromatic heterocycles. The summed E-state index contributed by atoms with van der Waals surface area (Å²) in [6.07, 6.45) is 1.85. The normalized spacial score (nSPS) is 23.2. The number of imide groups is 1. The second kappa shape index (κ2) is 16.6. The minimum absolute atomic E-state index is 0.0287. The van der Waals surface area contributed by atoms with E-state index in [1.165, 1.54) is 17.7 Å². The van der Waals surface area contributed by atoms with Crippen molar-refractivity contribution in [3.8, 4) is 0 Å². The molecule has 57 heavy (non-hydrogen) atoms. The number of imidazole rings is 1. The quantitative estimate of drug-likeness (QED) is 0.168. The minimum atomic E-state index is -4.56. The first kappa shape index (κ1) is 39.1. The van der Waals surface area contributed by atoms with Crippen molar-refractivity contribution >= 4 is 40.4 Å². The zero-order chi connectivity index (χ0) is 39.7. The van der Waals surface area contributed by atoms with E-state index in [1.807, 2.05) is 22.8 Å². The Labute approximate surface area is 330 Å². The van der Waals surface area contributed by atoms with Crippen molar-refractivity contribution in [3.05, 3.63) is 89.0 Å². The molecule has 1 saturated carbocycles. The van der Waals surface area contributed by atoms with Gasteiger partial charge in [0.15, 0.2) is 0 Å². The van der Waals surface area contributed by atoms with Crippen molar-refractivity contribution in [3.63, 3.8) is 0 Å². The summed E-state index contributed by atoms with van der Waals surface area (Å²) in [7, 11) is 0. The predicted octanol–water partition coefficient (Wildman–Crippen LogP) is 6.34. The zero-order valence-corrected chi connectivity index (χ0v) is 32.0. The number of piperazine rings is 1. The summed E-state index contributed by atoms with van der Waals surface area (Å²) in [4.78, 5) is 49.5. The number of piperidine rings is 2. The van der Waals surface area contributed by atoms with Gasteiger partial charge in [0.05, 0.1) is 22.5 Å². The van der Waals surface area contributed by atoms with E-state index < -0.39 is 17.6 Å². The number of nitrogens with zero attached hydrogens (tertiary/aromatic N) is 5. The standard InChI is InChI=1S/C43H50F3N7O4/c44-43(45,46)32-3-1-2-31(24-32)40(56)49-42-47-37-25-35(12-14-38(37)53(42)34-10-6-29(27-54)7-11-34)52-22-20-51(21-23-52)33-16-18-50(19-17-33)26-28-4-8-30(9-5-28)36-13-15-39(55)48-41(36)57/h1-5,8-9,12,14,24-25,29,33-34,36,54H,6-7,10-11,13,15-23,26-27H2,(H,47,49,56)(H,48,55,57). The number of carbonyl (C=O) groups is 3. The van der Waals surface area contributed by atoms with Gasteiger partial charge < -0.3 is 14.6 Å². The van der Waals surface area contributed by atoms with E-state index in [0.717, 1.165) is 119 Å². The highest BCUT2D eigenvalue weighted by molar-refractivity contribution is 6.04. The molecule has 4 heterocycles. The van der Waals surface area contributed by atoms with Gasteiger partial charge in [-0.05, 0) is 111 Å². The van der Waals surface area contributed by atoms with Crippen LogP contribution in [0.1, 0.15) is 90.4 Å². The lowest BCUT2D eigenvalue weighted by Gasteiger charge is -2.43. The van der Waals surface area contributed by atoms with Crippen LogP contribution in [-0.2, 0) is 22.3 Å². The van der Waals surface area contributed by atoms with Crippen molar-refractivity contribution in [1.29, 1.82) is 0 Å². The van der Waals surface area contributed by atoms with E-state index >= 15 is 0 Å². The number of nitrogens with one attached hydrogen (secondary N) is 2. The number of hydrogen-bond donors (Lipinski definition) is 3. The summed E-state index contributed by atoms with van der Waals surface area (Å²) in [6, 6.07) is 19.4. The third-order valence-corrected chi connectivity index (χ3v) is 12.6. The van der Waals surface area contributed by atoms with E-state index in [4.69, 9.17) is 4.98 Å². The zero-order valence-electron chi connectivity index (χ0n) is 32.0. The van der Waals surface area contributed by atoms with Gasteiger partial charge in [0.2, 0.25) is 17.8 Å². The fraction of sp³-hybridized carbons (Fsp3) is 0.488. The molecule has 14 heteroatoms. The molecule has 11 nitrogen and oxygen atoms in total. The fourth-order valence-corrected chi connectivity index (χ4v) is 9.25. The molecule has 4 aromatic rings. The molecule has 302 valence electrons. The summed E-state index contributed by atoms with van der Waals surface area (Å²) < 4.78 is 42.3. The topological polar surface area (TPSA) is 123 Å². The smallest absolute Gasteiger partial charge is 0.396 e. The van der Waals surface area contributed by atoms with E-state index in [9.17, 15) is 32.7 Å². The first-order valence-corrected chi connectivity index (χ1v) is 20.3. The molecule has 1 unspecified atom stereocenters. The molecule has 0 spiro atoms. The number of fused-ring (bicyclic) bond motifs is 1. The molecule has 8 rings (SSSR count). The average Bonchev–Trinajstić information content (AvgIpc) is 3.58. The number of alkyl halides is 3. The van der Waals surface area contributed by atoms with E-state index in [1.54, 1.807) is 0 Å². The van der Waals surface area contributed by atoms with Gasteiger partial charge in [0.25, 0.3) is 5.91 Å². The highest BCUT2D eigenvalue weighted by Gasteiger charge is 2.33. The van der Waals surface area contributed by atoms with Crippen molar-refractivity contribution in [2.75, 3.05) is 56.1 Å².